The zero-order valence-corrected chi connectivity index (χ0v) is 11.6. The van der Waals surface area contributed by atoms with Crippen LogP contribution in [-0.2, 0) is 0 Å². The third kappa shape index (κ3) is 2.81. The van der Waals surface area contributed by atoms with Gasteiger partial charge >= 0.3 is 0 Å². The molecule has 2 heterocycles. The normalized spacial score (nSPS) is 37.9. The van der Waals surface area contributed by atoms with E-state index in [-0.39, 0.29) is 5.54 Å². The molecule has 0 aromatic heterocycles. The maximum absolute atomic E-state index is 6.06. The van der Waals surface area contributed by atoms with E-state index in [1.165, 1.54) is 25.7 Å². The zero-order chi connectivity index (χ0) is 12.5. The van der Waals surface area contributed by atoms with Gasteiger partial charge in [-0.2, -0.15) is 0 Å². The van der Waals surface area contributed by atoms with Crippen molar-refractivity contribution in [1.29, 1.82) is 0 Å². The van der Waals surface area contributed by atoms with E-state index >= 15 is 0 Å². The Balaban J connectivity index is 1.92. The predicted molar refractivity (Wildman–Crippen MR) is 72.1 cm³/mol. The number of piperidine rings is 1. The highest BCUT2D eigenvalue weighted by molar-refractivity contribution is 5.05. The lowest BCUT2D eigenvalue weighted by atomic mass is 9.83. The van der Waals surface area contributed by atoms with Crippen LogP contribution in [0.15, 0.2) is 0 Å². The number of rotatable bonds is 5. The monoisotopic (exact) mass is 240 g/mol. The summed E-state index contributed by atoms with van der Waals surface area (Å²) in [7, 11) is 6.52. The van der Waals surface area contributed by atoms with E-state index in [4.69, 9.17) is 5.73 Å². The Kier molecular flexibility index (Phi) is 4.08. The molecule has 2 aliphatic heterocycles. The summed E-state index contributed by atoms with van der Waals surface area (Å²) in [6, 6.07) is 1.51. The Hall–Kier alpha value is -0.160. The van der Waals surface area contributed by atoms with Crippen LogP contribution in [0, 0.1) is 0 Å². The Morgan fingerprint density at radius 3 is 2.35 bits per heavy atom. The lowest BCUT2D eigenvalue weighted by molar-refractivity contribution is 0.0934. The molecule has 0 radical (unpaired) electrons. The summed E-state index contributed by atoms with van der Waals surface area (Å²) in [4.78, 5) is 4.79. The van der Waals surface area contributed by atoms with Crippen LogP contribution in [0.5, 0.6) is 0 Å². The van der Waals surface area contributed by atoms with Crippen molar-refractivity contribution in [3.8, 4) is 0 Å². The third-order valence-corrected chi connectivity index (χ3v) is 4.69. The van der Waals surface area contributed by atoms with Crippen LogP contribution in [0.25, 0.3) is 0 Å². The molecule has 3 N–H and O–H groups in total. The van der Waals surface area contributed by atoms with Gasteiger partial charge in [-0.05, 0) is 46.8 Å². The fourth-order valence-electron chi connectivity index (χ4n) is 3.50. The summed E-state index contributed by atoms with van der Waals surface area (Å²) >= 11 is 0. The summed E-state index contributed by atoms with van der Waals surface area (Å²) in [6.45, 7) is 2.92. The maximum Gasteiger partial charge on any atom is 0.0334 e. The first kappa shape index (κ1) is 13.3. The number of nitrogens with zero attached hydrogens (tertiary/aromatic N) is 2. The van der Waals surface area contributed by atoms with Gasteiger partial charge in [0.1, 0.15) is 0 Å². The molecule has 17 heavy (non-hydrogen) atoms. The molecule has 0 aromatic carbocycles. The molecule has 2 atom stereocenters. The van der Waals surface area contributed by atoms with Gasteiger partial charge < -0.3 is 20.9 Å². The van der Waals surface area contributed by atoms with Crippen LogP contribution in [0.4, 0.5) is 0 Å². The van der Waals surface area contributed by atoms with Gasteiger partial charge in [0.25, 0.3) is 0 Å². The van der Waals surface area contributed by atoms with Crippen LogP contribution in [0.3, 0.4) is 0 Å². The highest BCUT2D eigenvalue weighted by Gasteiger charge is 2.45. The highest BCUT2D eigenvalue weighted by Crippen LogP contribution is 2.39. The van der Waals surface area contributed by atoms with Crippen molar-refractivity contribution in [3.05, 3.63) is 0 Å². The first-order valence-electron chi connectivity index (χ1n) is 6.88. The molecule has 2 bridgehead atoms. The summed E-state index contributed by atoms with van der Waals surface area (Å²) in [5.41, 5.74) is 6.26. The fraction of sp³-hybridized carbons (Fsp3) is 1.00. The summed E-state index contributed by atoms with van der Waals surface area (Å²) in [5.74, 6) is 0. The lowest BCUT2D eigenvalue weighted by Gasteiger charge is -2.45. The standard InChI is InChI=1S/C13H28N4/c1-16(2)7-6-15-13(10-14)8-11-4-5-12(9-13)17(11)3/h11-12,15H,4-10,14H2,1-3H3. The first-order valence-corrected chi connectivity index (χ1v) is 6.88. The molecule has 2 saturated heterocycles. The second kappa shape index (κ2) is 5.22. The SMILES string of the molecule is CN(C)CCNC1(CN)CC2CCC(C1)N2C. The highest BCUT2D eigenvalue weighted by atomic mass is 15.2. The van der Waals surface area contributed by atoms with E-state index in [1.54, 1.807) is 0 Å². The second-order valence-corrected chi connectivity index (χ2v) is 6.17. The third-order valence-electron chi connectivity index (χ3n) is 4.69. The number of fused-ring (bicyclic) bond motifs is 2. The molecule has 0 aliphatic carbocycles. The minimum Gasteiger partial charge on any atom is -0.329 e. The van der Waals surface area contributed by atoms with Crippen molar-refractivity contribution in [2.75, 3.05) is 40.8 Å². The average Bonchev–Trinajstić information content (AvgIpc) is 2.53. The molecule has 0 spiro atoms. The van der Waals surface area contributed by atoms with Gasteiger partial charge in [0.2, 0.25) is 0 Å². The molecule has 0 saturated carbocycles. The molecule has 2 rings (SSSR count). The van der Waals surface area contributed by atoms with E-state index < -0.39 is 0 Å². The van der Waals surface area contributed by atoms with Crippen LogP contribution >= 0.6 is 0 Å². The van der Waals surface area contributed by atoms with Crippen molar-refractivity contribution in [3.63, 3.8) is 0 Å². The fourth-order valence-corrected chi connectivity index (χ4v) is 3.50. The van der Waals surface area contributed by atoms with Gasteiger partial charge in [-0.3, -0.25) is 0 Å². The van der Waals surface area contributed by atoms with E-state index in [0.717, 1.165) is 31.7 Å². The molecule has 2 unspecified atom stereocenters. The van der Waals surface area contributed by atoms with Gasteiger partial charge in [0, 0.05) is 37.3 Å². The van der Waals surface area contributed by atoms with Gasteiger partial charge in [0.15, 0.2) is 0 Å². The number of hydrogen-bond donors (Lipinski definition) is 2. The molecule has 2 fully saturated rings. The van der Waals surface area contributed by atoms with Gasteiger partial charge in [-0.15, -0.1) is 0 Å². The van der Waals surface area contributed by atoms with Gasteiger partial charge in [0.05, 0.1) is 0 Å². The van der Waals surface area contributed by atoms with Crippen molar-refractivity contribution in [2.24, 2.45) is 5.73 Å². The Labute approximate surface area is 106 Å². The molecule has 4 nitrogen and oxygen atoms in total. The Morgan fingerprint density at radius 1 is 1.29 bits per heavy atom. The second-order valence-electron chi connectivity index (χ2n) is 6.17. The summed E-state index contributed by atoms with van der Waals surface area (Å²) in [5, 5.41) is 3.74. The van der Waals surface area contributed by atoms with Crippen LogP contribution in [0.2, 0.25) is 0 Å². The molecule has 4 heteroatoms. The van der Waals surface area contributed by atoms with Gasteiger partial charge in [-0.1, -0.05) is 0 Å². The number of likely N-dealkylation sites (N-methyl/N-ethyl adjacent to an activating group) is 1. The van der Waals surface area contributed by atoms with Crippen LogP contribution < -0.4 is 11.1 Å². The Bertz CT molecular complexity index is 240. The number of hydrogen-bond acceptors (Lipinski definition) is 4. The summed E-state index contributed by atoms with van der Waals surface area (Å²) < 4.78 is 0. The molecule has 2 aliphatic rings. The van der Waals surface area contributed by atoms with Crippen molar-refractivity contribution < 1.29 is 0 Å². The van der Waals surface area contributed by atoms with Crippen LogP contribution in [0.1, 0.15) is 25.7 Å². The topological polar surface area (TPSA) is 44.5 Å². The van der Waals surface area contributed by atoms with E-state index in [9.17, 15) is 0 Å². The van der Waals surface area contributed by atoms with Gasteiger partial charge in [-0.25, -0.2) is 0 Å². The number of nitrogens with two attached hydrogens (primary N) is 1. The van der Waals surface area contributed by atoms with Crippen molar-refractivity contribution in [1.82, 2.24) is 15.1 Å². The minimum atomic E-state index is 0.203. The predicted octanol–water partition coefficient (Wildman–Crippen LogP) is 0.0917. The smallest absolute Gasteiger partial charge is 0.0334 e. The maximum atomic E-state index is 6.06. The quantitative estimate of drug-likeness (QED) is 0.715. The molecule has 100 valence electrons. The lowest BCUT2D eigenvalue weighted by Crippen LogP contribution is -2.61. The van der Waals surface area contributed by atoms with E-state index in [1.807, 2.05) is 0 Å². The van der Waals surface area contributed by atoms with E-state index in [2.05, 4.69) is 36.3 Å². The van der Waals surface area contributed by atoms with Crippen LogP contribution in [-0.4, -0.2) is 68.2 Å². The molecular formula is C13H28N4. The first-order chi connectivity index (χ1) is 8.06. The largest absolute Gasteiger partial charge is 0.329 e. The summed E-state index contributed by atoms with van der Waals surface area (Å²) in [6.07, 6.45) is 5.17. The molecular weight excluding hydrogens is 212 g/mol. The van der Waals surface area contributed by atoms with E-state index in [0.29, 0.717) is 0 Å². The van der Waals surface area contributed by atoms with Crippen molar-refractivity contribution in [2.45, 2.75) is 43.3 Å². The minimum absolute atomic E-state index is 0.203. The Morgan fingerprint density at radius 2 is 1.88 bits per heavy atom. The average molecular weight is 240 g/mol. The molecule has 0 aromatic rings. The van der Waals surface area contributed by atoms with Crippen molar-refractivity contribution >= 4 is 0 Å². The molecule has 0 amide bonds. The zero-order valence-electron chi connectivity index (χ0n) is 11.6. The number of nitrogens with one attached hydrogen (secondary N) is 1.